The molecule has 0 saturated carbocycles. The van der Waals surface area contributed by atoms with Crippen LogP contribution in [0.2, 0.25) is 0 Å². The first-order valence-electron chi connectivity index (χ1n) is 8.26. The average molecular weight is 367 g/mol. The maximum Gasteiger partial charge on any atom is 0.225 e. The molecule has 26 heavy (non-hydrogen) atoms. The molecule has 0 radical (unpaired) electrons. The normalized spacial score (nSPS) is 11.8. The standard InChI is InChI=1S/C19H21N5OS/c1-13(12-25)21-19-23-16(14-7-9-20-10-8-14)11-18(24-19)22-15-5-3-4-6-17(15)26-2/h3-11,13,25H,12H2,1-2H3,(H2,21,22,23,24)/t13-/m0/s1. The van der Waals surface area contributed by atoms with Gasteiger partial charge in [0.15, 0.2) is 0 Å². The Morgan fingerprint density at radius 3 is 2.62 bits per heavy atom. The van der Waals surface area contributed by atoms with Crippen LogP contribution in [-0.4, -0.2) is 39.0 Å². The molecule has 3 N–H and O–H groups in total. The predicted molar refractivity (Wildman–Crippen MR) is 107 cm³/mol. The van der Waals surface area contributed by atoms with E-state index in [0.29, 0.717) is 11.8 Å². The molecule has 2 heterocycles. The van der Waals surface area contributed by atoms with Gasteiger partial charge in [-0.25, -0.2) is 4.98 Å². The Kier molecular flexibility index (Phi) is 6.04. The fourth-order valence-electron chi connectivity index (χ4n) is 2.40. The zero-order valence-corrected chi connectivity index (χ0v) is 15.5. The second-order valence-electron chi connectivity index (χ2n) is 5.75. The van der Waals surface area contributed by atoms with Crippen molar-refractivity contribution < 1.29 is 5.11 Å². The minimum Gasteiger partial charge on any atom is -0.394 e. The Balaban J connectivity index is 1.99. The Labute approximate surface area is 157 Å². The summed E-state index contributed by atoms with van der Waals surface area (Å²) in [7, 11) is 0. The molecule has 1 aromatic carbocycles. The molecule has 0 unspecified atom stereocenters. The lowest BCUT2D eigenvalue weighted by Crippen LogP contribution is -2.21. The van der Waals surface area contributed by atoms with E-state index in [9.17, 15) is 5.11 Å². The third kappa shape index (κ3) is 4.50. The summed E-state index contributed by atoms with van der Waals surface area (Å²) in [6.07, 6.45) is 5.51. The number of aliphatic hydroxyl groups excluding tert-OH is 1. The summed E-state index contributed by atoms with van der Waals surface area (Å²) in [4.78, 5) is 14.3. The van der Waals surface area contributed by atoms with E-state index < -0.39 is 0 Å². The van der Waals surface area contributed by atoms with Gasteiger partial charge in [0.05, 0.1) is 18.0 Å². The summed E-state index contributed by atoms with van der Waals surface area (Å²) in [5.41, 5.74) is 2.71. The molecule has 134 valence electrons. The molecule has 0 bridgehead atoms. The SMILES string of the molecule is CSc1ccccc1Nc1cc(-c2ccncc2)nc(N[C@@H](C)CO)n1. The molecule has 2 aromatic heterocycles. The van der Waals surface area contributed by atoms with Crippen molar-refractivity contribution in [3.8, 4) is 11.3 Å². The number of aliphatic hydroxyl groups is 1. The number of benzene rings is 1. The summed E-state index contributed by atoms with van der Waals surface area (Å²) in [6.45, 7) is 1.87. The van der Waals surface area contributed by atoms with Gasteiger partial charge in [-0.15, -0.1) is 11.8 Å². The average Bonchev–Trinajstić information content (AvgIpc) is 2.69. The van der Waals surface area contributed by atoms with Crippen molar-refractivity contribution >= 4 is 29.2 Å². The van der Waals surface area contributed by atoms with E-state index in [1.807, 2.05) is 49.6 Å². The van der Waals surface area contributed by atoms with Gasteiger partial charge in [0.25, 0.3) is 0 Å². The lowest BCUT2D eigenvalue weighted by atomic mass is 10.2. The van der Waals surface area contributed by atoms with E-state index in [0.717, 1.165) is 21.8 Å². The van der Waals surface area contributed by atoms with Crippen LogP contribution in [0.3, 0.4) is 0 Å². The molecule has 0 aliphatic heterocycles. The number of nitrogens with zero attached hydrogens (tertiary/aromatic N) is 3. The van der Waals surface area contributed by atoms with Gasteiger partial charge in [0.1, 0.15) is 5.82 Å². The molecular formula is C19H21N5OS. The second-order valence-corrected chi connectivity index (χ2v) is 6.60. The van der Waals surface area contributed by atoms with Crippen molar-refractivity contribution in [2.45, 2.75) is 17.9 Å². The van der Waals surface area contributed by atoms with E-state index in [2.05, 4.69) is 31.7 Å². The number of anilines is 3. The van der Waals surface area contributed by atoms with Gasteiger partial charge in [-0.1, -0.05) is 12.1 Å². The van der Waals surface area contributed by atoms with E-state index in [1.165, 1.54) is 0 Å². The highest BCUT2D eigenvalue weighted by Gasteiger charge is 2.10. The molecule has 0 amide bonds. The molecule has 1 atom stereocenters. The summed E-state index contributed by atoms with van der Waals surface area (Å²) >= 11 is 1.67. The van der Waals surface area contributed by atoms with Crippen molar-refractivity contribution in [3.05, 3.63) is 54.9 Å². The van der Waals surface area contributed by atoms with Crippen molar-refractivity contribution in [2.75, 3.05) is 23.5 Å². The van der Waals surface area contributed by atoms with Crippen molar-refractivity contribution in [1.29, 1.82) is 0 Å². The van der Waals surface area contributed by atoms with Crippen LogP contribution in [0.25, 0.3) is 11.3 Å². The van der Waals surface area contributed by atoms with E-state index >= 15 is 0 Å². The Morgan fingerprint density at radius 1 is 1.12 bits per heavy atom. The summed E-state index contributed by atoms with van der Waals surface area (Å²) < 4.78 is 0. The first-order valence-corrected chi connectivity index (χ1v) is 9.49. The summed E-state index contributed by atoms with van der Waals surface area (Å²) in [5.74, 6) is 1.14. The van der Waals surface area contributed by atoms with Gasteiger partial charge in [-0.3, -0.25) is 4.98 Å². The maximum atomic E-state index is 9.31. The van der Waals surface area contributed by atoms with Gasteiger partial charge in [0.2, 0.25) is 5.95 Å². The Morgan fingerprint density at radius 2 is 1.88 bits per heavy atom. The summed E-state index contributed by atoms with van der Waals surface area (Å²) in [6, 6.07) is 13.6. The van der Waals surface area contributed by atoms with Crippen LogP contribution in [0, 0.1) is 0 Å². The van der Waals surface area contributed by atoms with Crippen LogP contribution in [-0.2, 0) is 0 Å². The Hall–Kier alpha value is -2.64. The Bertz CT molecular complexity index is 860. The lowest BCUT2D eigenvalue weighted by molar-refractivity contribution is 0.281. The molecule has 0 aliphatic carbocycles. The highest BCUT2D eigenvalue weighted by atomic mass is 32.2. The zero-order chi connectivity index (χ0) is 18.4. The van der Waals surface area contributed by atoms with Gasteiger partial charge >= 0.3 is 0 Å². The number of rotatable bonds is 7. The van der Waals surface area contributed by atoms with Crippen molar-refractivity contribution in [2.24, 2.45) is 0 Å². The number of nitrogens with one attached hydrogen (secondary N) is 2. The number of pyridine rings is 1. The maximum absolute atomic E-state index is 9.31. The van der Waals surface area contributed by atoms with E-state index in [-0.39, 0.29) is 12.6 Å². The van der Waals surface area contributed by atoms with Gasteiger partial charge in [-0.2, -0.15) is 4.98 Å². The minimum absolute atomic E-state index is 0.000907. The third-order valence-corrected chi connectivity index (χ3v) is 4.52. The molecule has 3 rings (SSSR count). The van der Waals surface area contributed by atoms with Crippen LogP contribution in [0.1, 0.15) is 6.92 Å². The van der Waals surface area contributed by atoms with Crippen LogP contribution >= 0.6 is 11.8 Å². The number of para-hydroxylation sites is 1. The third-order valence-electron chi connectivity index (χ3n) is 3.72. The summed E-state index contributed by atoms with van der Waals surface area (Å²) in [5, 5.41) is 15.8. The molecule has 6 nitrogen and oxygen atoms in total. The minimum atomic E-state index is -0.144. The first-order chi connectivity index (χ1) is 12.7. The van der Waals surface area contributed by atoms with Gasteiger partial charge in [-0.05, 0) is 37.4 Å². The van der Waals surface area contributed by atoms with Gasteiger partial charge in [0, 0.05) is 35.0 Å². The predicted octanol–water partition coefficient (Wildman–Crippen LogP) is 3.80. The lowest BCUT2D eigenvalue weighted by Gasteiger charge is -2.15. The quantitative estimate of drug-likeness (QED) is 0.548. The smallest absolute Gasteiger partial charge is 0.225 e. The highest BCUT2D eigenvalue weighted by molar-refractivity contribution is 7.98. The number of aromatic nitrogens is 3. The zero-order valence-electron chi connectivity index (χ0n) is 14.7. The topological polar surface area (TPSA) is 83.0 Å². The number of hydrogen-bond donors (Lipinski definition) is 3. The monoisotopic (exact) mass is 367 g/mol. The van der Waals surface area contributed by atoms with Gasteiger partial charge < -0.3 is 15.7 Å². The first kappa shape index (κ1) is 18.2. The van der Waals surface area contributed by atoms with E-state index in [1.54, 1.807) is 24.2 Å². The van der Waals surface area contributed by atoms with Crippen molar-refractivity contribution in [1.82, 2.24) is 15.0 Å². The van der Waals surface area contributed by atoms with Crippen LogP contribution < -0.4 is 10.6 Å². The molecule has 7 heteroatoms. The molecular weight excluding hydrogens is 346 g/mol. The highest BCUT2D eigenvalue weighted by Crippen LogP contribution is 2.29. The molecule has 0 spiro atoms. The molecule has 0 aliphatic rings. The van der Waals surface area contributed by atoms with Crippen LogP contribution in [0.15, 0.2) is 59.8 Å². The largest absolute Gasteiger partial charge is 0.394 e. The molecule has 3 aromatic rings. The van der Waals surface area contributed by atoms with Crippen LogP contribution in [0.5, 0.6) is 0 Å². The number of thioether (sulfide) groups is 1. The molecule has 0 saturated heterocycles. The fraction of sp³-hybridized carbons (Fsp3) is 0.211. The second kappa shape index (κ2) is 8.64. The fourth-order valence-corrected chi connectivity index (χ4v) is 2.95. The van der Waals surface area contributed by atoms with E-state index in [4.69, 9.17) is 0 Å². The number of hydrogen-bond acceptors (Lipinski definition) is 7. The van der Waals surface area contributed by atoms with Crippen LogP contribution in [0.4, 0.5) is 17.5 Å². The molecule has 0 fully saturated rings. The van der Waals surface area contributed by atoms with Crippen molar-refractivity contribution in [3.63, 3.8) is 0 Å².